The number of hydrogen-bond acceptors (Lipinski definition) is 4. The van der Waals surface area contributed by atoms with E-state index in [1.165, 1.54) is 25.2 Å². The fraction of sp³-hybridized carbons (Fsp3) is 0.263. The van der Waals surface area contributed by atoms with Crippen molar-refractivity contribution in [2.75, 3.05) is 7.05 Å². The monoisotopic (exact) mass is 445 g/mol. The number of nitrogens with one attached hydrogen (secondary N) is 1. The minimum Gasteiger partial charge on any atom is -0.374 e. The van der Waals surface area contributed by atoms with Crippen LogP contribution in [0.15, 0.2) is 46.5 Å². The lowest BCUT2D eigenvalue weighted by Crippen LogP contribution is -2.42. The van der Waals surface area contributed by atoms with E-state index in [2.05, 4.69) is 10.1 Å². The van der Waals surface area contributed by atoms with Crippen LogP contribution < -0.4 is 5.48 Å². The van der Waals surface area contributed by atoms with E-state index in [0.29, 0.717) is 16.7 Å². The van der Waals surface area contributed by atoms with Crippen LogP contribution in [-0.4, -0.2) is 30.0 Å². The molecule has 0 radical (unpaired) electrons. The molecule has 3 rings (SSSR count). The molecule has 5 nitrogen and oxygen atoms in total. The highest BCUT2D eigenvalue weighted by Gasteiger charge is 2.62. The van der Waals surface area contributed by atoms with Crippen LogP contribution in [0.3, 0.4) is 0 Å². The Morgan fingerprint density at radius 1 is 1.21 bits per heavy atom. The Balaban J connectivity index is 2.00. The first-order chi connectivity index (χ1) is 13.6. The lowest BCUT2D eigenvalue weighted by atomic mass is 9.86. The van der Waals surface area contributed by atoms with Gasteiger partial charge in [0, 0.05) is 34.6 Å². The van der Waals surface area contributed by atoms with Gasteiger partial charge in [0.15, 0.2) is 5.84 Å². The number of hydrogen-bond donors (Lipinski definition) is 2. The topological polar surface area (TPSA) is 66.2 Å². The Morgan fingerprint density at radius 2 is 1.86 bits per heavy atom. The van der Waals surface area contributed by atoms with Gasteiger partial charge < -0.3 is 4.84 Å². The summed E-state index contributed by atoms with van der Waals surface area (Å²) in [7, 11) is 1.49. The number of amidine groups is 1. The molecule has 2 N–H and O–H groups in total. The Morgan fingerprint density at radius 3 is 2.38 bits per heavy atom. The van der Waals surface area contributed by atoms with E-state index < -0.39 is 18.2 Å². The molecule has 0 fully saturated rings. The fourth-order valence-corrected chi connectivity index (χ4v) is 3.71. The molecule has 0 aromatic heterocycles. The molecule has 0 spiro atoms. The van der Waals surface area contributed by atoms with Gasteiger partial charge in [0.2, 0.25) is 0 Å². The van der Waals surface area contributed by atoms with Crippen LogP contribution >= 0.6 is 23.2 Å². The largest absolute Gasteiger partial charge is 0.435 e. The molecule has 2 aromatic carbocycles. The number of aryl methyl sites for hydroxylation is 1. The van der Waals surface area contributed by atoms with Crippen LogP contribution in [0.1, 0.15) is 28.7 Å². The van der Waals surface area contributed by atoms with Gasteiger partial charge in [-0.1, -0.05) is 40.5 Å². The van der Waals surface area contributed by atoms with Gasteiger partial charge in [-0.25, -0.2) is 0 Å². The molecule has 2 aromatic rings. The molecule has 10 heteroatoms. The van der Waals surface area contributed by atoms with Gasteiger partial charge in [0.1, 0.15) is 0 Å². The number of rotatable bonds is 3. The minimum atomic E-state index is -4.76. The predicted molar refractivity (Wildman–Crippen MR) is 105 cm³/mol. The van der Waals surface area contributed by atoms with Gasteiger partial charge in [-0.15, -0.1) is 0 Å². The van der Waals surface area contributed by atoms with Crippen molar-refractivity contribution in [1.29, 1.82) is 0 Å². The van der Waals surface area contributed by atoms with E-state index in [1.807, 2.05) is 5.48 Å². The Bertz CT molecular complexity index is 988. The quantitative estimate of drug-likeness (QED) is 0.385. The first kappa shape index (κ1) is 21.4. The second kappa shape index (κ2) is 7.85. The molecule has 1 unspecified atom stereocenters. The van der Waals surface area contributed by atoms with Crippen LogP contribution in [0.2, 0.25) is 10.0 Å². The van der Waals surface area contributed by atoms with Gasteiger partial charge in [0.25, 0.3) is 5.60 Å². The summed E-state index contributed by atoms with van der Waals surface area (Å²) in [5.74, 6) is 0.233. The summed E-state index contributed by atoms with van der Waals surface area (Å²) in [6, 6.07) is 8.55. The number of nitrogens with zero attached hydrogens (tertiary/aromatic N) is 2. The standard InChI is InChI=1S/C19H16Cl2F3N3O2/c1-10-5-11(3-4-15(10)17(25-2)26-28)16-9-18(29-27-16,19(22,23)24)12-6-13(20)8-14(21)7-12/h3-8,28H,9H2,1-2H3,(H,25,26). The van der Waals surface area contributed by atoms with E-state index in [9.17, 15) is 13.2 Å². The smallest absolute Gasteiger partial charge is 0.374 e. The van der Waals surface area contributed by atoms with Crippen molar-refractivity contribution in [2.45, 2.75) is 25.1 Å². The highest BCUT2D eigenvalue weighted by molar-refractivity contribution is 6.34. The molecule has 1 aliphatic rings. The molecular formula is C19H16Cl2F3N3O2. The average molecular weight is 446 g/mol. The van der Waals surface area contributed by atoms with Crippen molar-refractivity contribution in [3.8, 4) is 0 Å². The maximum absolute atomic E-state index is 14.1. The normalized spacial score (nSPS) is 19.7. The van der Waals surface area contributed by atoms with Crippen LogP contribution in [0.4, 0.5) is 13.2 Å². The number of alkyl halides is 3. The minimum absolute atomic E-state index is 0.0660. The summed E-state index contributed by atoms with van der Waals surface area (Å²) in [6.45, 7) is 1.74. The predicted octanol–water partition coefficient (Wildman–Crippen LogP) is 5.24. The van der Waals surface area contributed by atoms with Gasteiger partial charge in [0.05, 0.1) is 5.71 Å². The second-order valence-corrected chi connectivity index (χ2v) is 7.38. The van der Waals surface area contributed by atoms with Crippen molar-refractivity contribution in [3.05, 3.63) is 68.7 Å². The zero-order valence-electron chi connectivity index (χ0n) is 15.3. The molecule has 29 heavy (non-hydrogen) atoms. The summed E-state index contributed by atoms with van der Waals surface area (Å²) >= 11 is 11.8. The van der Waals surface area contributed by atoms with E-state index in [0.717, 1.165) is 0 Å². The van der Waals surface area contributed by atoms with Crippen molar-refractivity contribution in [1.82, 2.24) is 5.48 Å². The van der Waals surface area contributed by atoms with Crippen LogP contribution in [-0.2, 0) is 10.4 Å². The van der Waals surface area contributed by atoms with Gasteiger partial charge in [-0.3, -0.25) is 15.7 Å². The van der Waals surface area contributed by atoms with E-state index in [1.54, 1.807) is 25.1 Å². The maximum Gasteiger partial charge on any atom is 0.435 e. The van der Waals surface area contributed by atoms with E-state index in [4.69, 9.17) is 33.2 Å². The van der Waals surface area contributed by atoms with Crippen LogP contribution in [0.25, 0.3) is 0 Å². The van der Waals surface area contributed by atoms with Crippen molar-refractivity contribution in [2.24, 2.45) is 10.1 Å². The summed E-state index contributed by atoms with van der Waals surface area (Å²) in [4.78, 5) is 8.90. The van der Waals surface area contributed by atoms with Gasteiger partial charge in [-0.2, -0.15) is 13.2 Å². The Kier molecular flexibility index (Phi) is 5.80. The molecule has 0 amide bonds. The lowest BCUT2D eigenvalue weighted by Gasteiger charge is -2.29. The fourth-order valence-electron chi connectivity index (χ4n) is 3.19. The number of halogens is 5. The first-order valence-electron chi connectivity index (χ1n) is 8.38. The van der Waals surface area contributed by atoms with E-state index in [-0.39, 0.29) is 27.2 Å². The third-order valence-corrected chi connectivity index (χ3v) is 5.10. The zero-order valence-corrected chi connectivity index (χ0v) is 16.8. The number of aliphatic imine (C=N–C) groups is 1. The summed E-state index contributed by atoms with van der Waals surface area (Å²) in [6.07, 6.45) is -5.30. The third-order valence-electron chi connectivity index (χ3n) is 4.66. The molecular weight excluding hydrogens is 430 g/mol. The first-order valence-corrected chi connectivity index (χ1v) is 9.13. The van der Waals surface area contributed by atoms with Crippen molar-refractivity contribution >= 4 is 34.7 Å². The molecule has 154 valence electrons. The SMILES string of the molecule is C/N=C(\NO)c1ccc(C2=NOC(c3cc(Cl)cc(Cl)c3)(C(F)(F)F)C2)cc1C. The third kappa shape index (κ3) is 3.92. The number of benzene rings is 2. The summed E-state index contributed by atoms with van der Waals surface area (Å²) < 4.78 is 42.2. The number of oxime groups is 1. The highest BCUT2D eigenvalue weighted by atomic mass is 35.5. The molecule has 0 saturated heterocycles. The zero-order chi connectivity index (χ0) is 21.4. The molecule has 1 atom stereocenters. The molecule has 1 aliphatic heterocycles. The number of hydroxylamine groups is 1. The molecule has 1 heterocycles. The average Bonchev–Trinajstić information content (AvgIpc) is 3.10. The Hall–Kier alpha value is -2.29. The Labute approximate surface area is 174 Å². The van der Waals surface area contributed by atoms with Crippen molar-refractivity contribution < 1.29 is 23.2 Å². The van der Waals surface area contributed by atoms with Crippen LogP contribution in [0, 0.1) is 6.92 Å². The highest BCUT2D eigenvalue weighted by Crippen LogP contribution is 2.49. The van der Waals surface area contributed by atoms with Gasteiger partial charge >= 0.3 is 6.18 Å². The molecule has 0 bridgehead atoms. The summed E-state index contributed by atoms with van der Waals surface area (Å²) in [5, 5.41) is 13.0. The van der Waals surface area contributed by atoms with Crippen LogP contribution in [0.5, 0.6) is 0 Å². The summed E-state index contributed by atoms with van der Waals surface area (Å²) in [5.41, 5.74) is 0.938. The van der Waals surface area contributed by atoms with Crippen molar-refractivity contribution in [3.63, 3.8) is 0 Å². The van der Waals surface area contributed by atoms with E-state index >= 15 is 0 Å². The second-order valence-electron chi connectivity index (χ2n) is 6.50. The lowest BCUT2D eigenvalue weighted by molar-refractivity contribution is -0.275. The molecule has 0 saturated carbocycles. The maximum atomic E-state index is 14.1. The van der Waals surface area contributed by atoms with Gasteiger partial charge in [-0.05, 0) is 42.3 Å². The molecule has 0 aliphatic carbocycles.